The van der Waals surface area contributed by atoms with Crippen LogP contribution in [0, 0.1) is 18.3 Å². The second kappa shape index (κ2) is 8.82. The van der Waals surface area contributed by atoms with Crippen LogP contribution < -0.4 is 15.4 Å². The number of terminal acetylenes is 1. The molecule has 3 aromatic rings. The van der Waals surface area contributed by atoms with Crippen LogP contribution in [0.3, 0.4) is 0 Å². The largest absolute Gasteiger partial charge is 0.481 e. The van der Waals surface area contributed by atoms with Crippen LogP contribution in [0.2, 0.25) is 0 Å². The molecule has 3 aliphatic rings. The molecule has 0 radical (unpaired) electrons. The Morgan fingerprint density at radius 1 is 1.11 bits per heavy atom. The molecule has 186 valence electrons. The van der Waals surface area contributed by atoms with Crippen molar-refractivity contribution in [1.29, 1.82) is 0 Å². The summed E-state index contributed by atoms with van der Waals surface area (Å²) in [6.07, 6.45) is 11.6. The second-order valence-electron chi connectivity index (χ2n) is 9.76. The van der Waals surface area contributed by atoms with Crippen molar-refractivity contribution in [3.8, 4) is 29.2 Å². The van der Waals surface area contributed by atoms with E-state index in [9.17, 15) is 14.4 Å². The van der Waals surface area contributed by atoms with Crippen LogP contribution >= 0.6 is 0 Å². The zero-order chi connectivity index (χ0) is 25.6. The Balaban J connectivity index is 1.25. The first-order valence-corrected chi connectivity index (χ1v) is 12.2. The number of imide groups is 1. The van der Waals surface area contributed by atoms with Gasteiger partial charge in [0, 0.05) is 30.4 Å². The molecule has 0 spiro atoms. The number of fused-ring (bicyclic) bond motifs is 1. The van der Waals surface area contributed by atoms with Crippen molar-refractivity contribution in [3.05, 3.63) is 71.5 Å². The van der Waals surface area contributed by atoms with E-state index in [1.165, 1.54) is 12.8 Å². The fourth-order valence-corrected chi connectivity index (χ4v) is 4.99. The predicted molar refractivity (Wildman–Crippen MR) is 134 cm³/mol. The Labute approximate surface area is 213 Å². The van der Waals surface area contributed by atoms with Crippen molar-refractivity contribution in [1.82, 2.24) is 25.3 Å². The Hall–Kier alpha value is -4.58. The minimum atomic E-state index is -1.41. The number of amides is 4. The third-order valence-electron chi connectivity index (χ3n) is 7.14. The maximum Gasteiger partial charge on any atom is 0.322 e. The molecule has 1 aliphatic carbocycles. The van der Waals surface area contributed by atoms with E-state index in [2.05, 4.69) is 21.7 Å². The quantitative estimate of drug-likeness (QED) is 0.369. The van der Waals surface area contributed by atoms with Gasteiger partial charge in [-0.2, -0.15) is 5.10 Å². The van der Waals surface area contributed by atoms with Gasteiger partial charge in [-0.05, 0) is 47.6 Å². The van der Waals surface area contributed by atoms with Crippen molar-refractivity contribution in [2.24, 2.45) is 5.92 Å². The highest BCUT2D eigenvalue weighted by molar-refractivity contribution is 6.08. The molecule has 4 amide bonds. The summed E-state index contributed by atoms with van der Waals surface area (Å²) in [6, 6.07) is 12.1. The summed E-state index contributed by atoms with van der Waals surface area (Å²) in [5, 5.41) is 9.59. The normalized spacial score (nSPS) is 20.4. The third-order valence-corrected chi connectivity index (χ3v) is 7.14. The van der Waals surface area contributed by atoms with Crippen molar-refractivity contribution >= 4 is 17.8 Å². The molecule has 9 nitrogen and oxygen atoms in total. The van der Waals surface area contributed by atoms with Crippen molar-refractivity contribution in [2.75, 3.05) is 13.2 Å². The van der Waals surface area contributed by atoms with Gasteiger partial charge in [-0.25, -0.2) is 4.79 Å². The molecule has 2 aromatic carbocycles. The van der Waals surface area contributed by atoms with Crippen LogP contribution in [0.15, 0.2) is 54.9 Å². The standard InChI is InChI=1S/C28H25N5O4/c1-2-11-37-23-10-7-20-15-32(25(34)24(20)12-23)17-28(26(35)30-27(36)31-28)22-8-5-19(6-9-22)21-13-29-33(16-21)14-18-3-4-18/h1,5-10,12-13,16,18H,3-4,11,14-15,17H2,(H2,30,31,35,36)/t28-/m0/s1. The topological polar surface area (TPSA) is 106 Å². The average molecular weight is 496 g/mol. The van der Waals surface area contributed by atoms with Gasteiger partial charge in [0.15, 0.2) is 5.54 Å². The molecule has 0 unspecified atom stereocenters. The van der Waals surface area contributed by atoms with Crippen LogP contribution in [0.25, 0.3) is 11.1 Å². The highest BCUT2D eigenvalue weighted by Crippen LogP contribution is 2.34. The van der Waals surface area contributed by atoms with Gasteiger partial charge in [0.1, 0.15) is 12.4 Å². The molecule has 1 saturated heterocycles. The van der Waals surface area contributed by atoms with E-state index in [0.29, 0.717) is 23.4 Å². The van der Waals surface area contributed by atoms with Crippen LogP contribution in [-0.4, -0.2) is 45.7 Å². The molecule has 6 rings (SSSR count). The summed E-state index contributed by atoms with van der Waals surface area (Å²) in [5.74, 6) is 2.89. The number of hydrogen-bond donors (Lipinski definition) is 2. The van der Waals surface area contributed by atoms with E-state index >= 15 is 0 Å². The first kappa shape index (κ1) is 22.9. The van der Waals surface area contributed by atoms with Gasteiger partial charge in [0.2, 0.25) is 0 Å². The summed E-state index contributed by atoms with van der Waals surface area (Å²) in [7, 11) is 0. The molecular formula is C28H25N5O4. The SMILES string of the molecule is C#CCOc1ccc2c(c1)C(=O)N(C[C@@]1(c3ccc(-c4cnn(CC5CC5)c4)cc3)NC(=O)NC1=O)C2. The number of ether oxygens (including phenoxy) is 1. The molecule has 37 heavy (non-hydrogen) atoms. The summed E-state index contributed by atoms with van der Waals surface area (Å²) in [5.41, 5.74) is 2.42. The number of benzene rings is 2. The maximum absolute atomic E-state index is 13.3. The zero-order valence-corrected chi connectivity index (χ0v) is 20.1. The Kier molecular flexibility index (Phi) is 5.45. The lowest BCUT2D eigenvalue weighted by atomic mass is 9.88. The first-order valence-electron chi connectivity index (χ1n) is 12.2. The second-order valence-corrected chi connectivity index (χ2v) is 9.76. The van der Waals surface area contributed by atoms with E-state index in [-0.39, 0.29) is 19.1 Å². The van der Waals surface area contributed by atoms with Crippen LogP contribution in [0.1, 0.15) is 34.3 Å². The molecular weight excluding hydrogens is 470 g/mol. The summed E-state index contributed by atoms with van der Waals surface area (Å²) in [6.45, 7) is 1.32. The van der Waals surface area contributed by atoms with Gasteiger partial charge in [-0.3, -0.25) is 19.6 Å². The van der Waals surface area contributed by atoms with Gasteiger partial charge >= 0.3 is 6.03 Å². The Bertz CT molecular complexity index is 1450. The molecule has 3 heterocycles. The smallest absolute Gasteiger partial charge is 0.322 e. The van der Waals surface area contributed by atoms with Crippen molar-refractivity contribution < 1.29 is 19.1 Å². The number of rotatable bonds is 8. The number of nitrogens with zero attached hydrogens (tertiary/aromatic N) is 3. The Morgan fingerprint density at radius 3 is 2.62 bits per heavy atom. The number of nitrogens with one attached hydrogen (secondary N) is 2. The summed E-state index contributed by atoms with van der Waals surface area (Å²) in [4.78, 5) is 40.2. The van der Waals surface area contributed by atoms with Crippen molar-refractivity contribution in [2.45, 2.75) is 31.5 Å². The van der Waals surface area contributed by atoms with Gasteiger partial charge < -0.3 is 15.0 Å². The average Bonchev–Trinajstić information content (AvgIpc) is 3.38. The fourth-order valence-electron chi connectivity index (χ4n) is 4.99. The highest BCUT2D eigenvalue weighted by atomic mass is 16.5. The van der Waals surface area contributed by atoms with Crippen LogP contribution in [-0.2, 0) is 23.4 Å². The zero-order valence-electron chi connectivity index (χ0n) is 20.1. The number of hydrogen-bond acceptors (Lipinski definition) is 5. The van der Waals surface area contributed by atoms with Gasteiger partial charge in [0.05, 0.1) is 12.7 Å². The molecule has 1 atom stereocenters. The number of carbonyl (C=O) groups is 3. The number of carbonyl (C=O) groups excluding carboxylic acids is 3. The summed E-state index contributed by atoms with van der Waals surface area (Å²) < 4.78 is 7.42. The molecule has 9 heteroatoms. The molecule has 2 fully saturated rings. The summed E-state index contributed by atoms with van der Waals surface area (Å²) >= 11 is 0. The fraction of sp³-hybridized carbons (Fsp3) is 0.286. The van der Waals surface area contributed by atoms with Crippen LogP contribution in [0.4, 0.5) is 4.79 Å². The van der Waals surface area contributed by atoms with E-state index < -0.39 is 17.5 Å². The first-order chi connectivity index (χ1) is 17.9. The third kappa shape index (κ3) is 4.20. The minimum absolute atomic E-state index is 0.0166. The molecule has 0 bridgehead atoms. The van der Waals surface area contributed by atoms with Gasteiger partial charge in [-0.1, -0.05) is 36.3 Å². The number of urea groups is 1. The van der Waals surface area contributed by atoms with E-state index in [1.54, 1.807) is 17.0 Å². The molecule has 2 aliphatic heterocycles. The van der Waals surface area contributed by atoms with Crippen LogP contribution in [0.5, 0.6) is 5.75 Å². The van der Waals surface area contributed by atoms with E-state index in [1.807, 2.05) is 47.4 Å². The Morgan fingerprint density at radius 2 is 1.92 bits per heavy atom. The molecule has 2 N–H and O–H groups in total. The lowest BCUT2D eigenvalue weighted by Gasteiger charge is -2.31. The number of aromatic nitrogens is 2. The van der Waals surface area contributed by atoms with Gasteiger partial charge in [-0.15, -0.1) is 6.42 Å². The van der Waals surface area contributed by atoms with Gasteiger partial charge in [0.25, 0.3) is 11.8 Å². The minimum Gasteiger partial charge on any atom is -0.481 e. The lowest BCUT2D eigenvalue weighted by molar-refractivity contribution is -0.124. The lowest BCUT2D eigenvalue weighted by Crippen LogP contribution is -2.52. The highest BCUT2D eigenvalue weighted by Gasteiger charge is 2.50. The van der Waals surface area contributed by atoms with Crippen molar-refractivity contribution in [3.63, 3.8) is 0 Å². The van der Waals surface area contributed by atoms with E-state index in [0.717, 1.165) is 29.2 Å². The monoisotopic (exact) mass is 495 g/mol. The van der Waals surface area contributed by atoms with E-state index in [4.69, 9.17) is 11.2 Å². The molecule has 1 saturated carbocycles. The predicted octanol–water partition coefficient (Wildman–Crippen LogP) is 2.66. The maximum atomic E-state index is 13.3. The molecule has 1 aromatic heterocycles.